The van der Waals surface area contributed by atoms with Gasteiger partial charge in [0, 0.05) is 21.8 Å². The number of nitrogens with one attached hydrogen (secondary N) is 1. The zero-order valence-corrected chi connectivity index (χ0v) is 11.0. The molecule has 0 bridgehead atoms. The maximum absolute atomic E-state index is 3.56. The van der Waals surface area contributed by atoms with E-state index in [1.807, 2.05) is 0 Å². The average molecular weight is 255 g/mol. The zero-order valence-electron chi connectivity index (χ0n) is 11.0. The third kappa shape index (κ3) is 1.17. The van der Waals surface area contributed by atoms with Crippen molar-refractivity contribution < 1.29 is 0 Å². The fraction of sp³-hybridized carbons (Fsp3) is 0.0526. The van der Waals surface area contributed by atoms with Crippen LogP contribution in [-0.2, 0) is 6.42 Å². The van der Waals surface area contributed by atoms with E-state index in [4.69, 9.17) is 0 Å². The summed E-state index contributed by atoms with van der Waals surface area (Å²) in [6.45, 7) is 0. The first-order valence-corrected chi connectivity index (χ1v) is 7.03. The third-order valence-corrected chi connectivity index (χ3v) is 4.39. The summed E-state index contributed by atoms with van der Waals surface area (Å²) in [6, 6.07) is 17.5. The van der Waals surface area contributed by atoms with Gasteiger partial charge in [-0.2, -0.15) is 0 Å². The molecule has 4 aromatic rings. The highest BCUT2D eigenvalue weighted by atomic mass is 14.7. The number of allylic oxidation sites excluding steroid dienone is 1. The number of fused-ring (bicyclic) bond motifs is 4. The topological polar surface area (TPSA) is 15.8 Å². The Balaban J connectivity index is 2.13. The number of aromatic amines is 1. The van der Waals surface area contributed by atoms with Gasteiger partial charge in [-0.25, -0.2) is 0 Å². The van der Waals surface area contributed by atoms with Crippen molar-refractivity contribution in [2.75, 3.05) is 0 Å². The van der Waals surface area contributed by atoms with Gasteiger partial charge in [-0.05, 0) is 40.5 Å². The van der Waals surface area contributed by atoms with Crippen LogP contribution in [0.25, 0.3) is 38.7 Å². The van der Waals surface area contributed by atoms with E-state index < -0.39 is 0 Å². The standard InChI is InChI=1S/C19H13N/c1-2-10-16-14(8-1)19-15-9-4-6-12-5-3-7-13(18(12)15)11-17(19)20-16/h1-8,10-11,20H,9H2. The molecule has 0 saturated heterocycles. The van der Waals surface area contributed by atoms with Crippen molar-refractivity contribution in [3.8, 4) is 0 Å². The fourth-order valence-electron chi connectivity index (χ4n) is 3.58. The minimum Gasteiger partial charge on any atom is -0.354 e. The molecule has 0 atom stereocenters. The Morgan fingerprint density at radius 3 is 2.80 bits per heavy atom. The van der Waals surface area contributed by atoms with Gasteiger partial charge in [0.15, 0.2) is 0 Å². The normalized spacial score (nSPS) is 13.6. The second-order valence-electron chi connectivity index (χ2n) is 5.50. The van der Waals surface area contributed by atoms with Gasteiger partial charge >= 0.3 is 0 Å². The van der Waals surface area contributed by atoms with Crippen LogP contribution in [0.2, 0.25) is 0 Å². The number of H-pyrrole nitrogens is 1. The molecule has 1 heteroatoms. The Hall–Kier alpha value is -2.54. The van der Waals surface area contributed by atoms with Crippen LogP contribution in [0, 0.1) is 0 Å². The molecule has 0 spiro atoms. The molecular formula is C19H13N. The Morgan fingerprint density at radius 1 is 0.850 bits per heavy atom. The van der Waals surface area contributed by atoms with Gasteiger partial charge in [0.1, 0.15) is 0 Å². The van der Waals surface area contributed by atoms with Gasteiger partial charge in [0.05, 0.1) is 0 Å². The Bertz CT molecular complexity index is 1020. The molecule has 0 aliphatic heterocycles. The summed E-state index contributed by atoms with van der Waals surface area (Å²) in [4.78, 5) is 3.56. The lowest BCUT2D eigenvalue weighted by molar-refractivity contribution is 1.32. The summed E-state index contributed by atoms with van der Waals surface area (Å²) in [7, 11) is 0. The first-order chi connectivity index (χ1) is 9.92. The van der Waals surface area contributed by atoms with Gasteiger partial charge in [-0.3, -0.25) is 0 Å². The van der Waals surface area contributed by atoms with E-state index >= 15 is 0 Å². The average Bonchev–Trinajstić information content (AvgIpc) is 2.86. The molecule has 1 nitrogen and oxygen atoms in total. The quantitative estimate of drug-likeness (QED) is 0.453. The van der Waals surface area contributed by atoms with E-state index in [-0.39, 0.29) is 0 Å². The SMILES string of the molecule is C1=Cc2cccc3cc4[nH]c5ccccc5c4c(c23)C1. The Labute approximate surface area is 116 Å². The molecule has 1 aliphatic carbocycles. The predicted molar refractivity (Wildman–Crippen MR) is 86.0 cm³/mol. The molecule has 0 unspecified atom stereocenters. The number of aromatic nitrogens is 1. The fourth-order valence-corrected chi connectivity index (χ4v) is 3.58. The van der Waals surface area contributed by atoms with E-state index in [1.54, 1.807) is 0 Å². The van der Waals surface area contributed by atoms with Crippen molar-refractivity contribution in [2.24, 2.45) is 0 Å². The lowest BCUT2D eigenvalue weighted by Gasteiger charge is -2.14. The van der Waals surface area contributed by atoms with Crippen LogP contribution in [-0.4, -0.2) is 4.98 Å². The summed E-state index contributed by atoms with van der Waals surface area (Å²) >= 11 is 0. The molecule has 0 amide bonds. The molecule has 1 aromatic heterocycles. The summed E-state index contributed by atoms with van der Waals surface area (Å²) in [5, 5.41) is 5.49. The molecule has 5 rings (SSSR count). The molecule has 94 valence electrons. The van der Waals surface area contributed by atoms with Crippen molar-refractivity contribution in [3.63, 3.8) is 0 Å². The summed E-state index contributed by atoms with van der Waals surface area (Å²) < 4.78 is 0. The van der Waals surface area contributed by atoms with Gasteiger partial charge in [-0.15, -0.1) is 0 Å². The van der Waals surface area contributed by atoms with E-state index in [0.717, 1.165) is 6.42 Å². The summed E-state index contributed by atoms with van der Waals surface area (Å²) in [6.07, 6.45) is 5.54. The van der Waals surface area contributed by atoms with E-state index in [9.17, 15) is 0 Å². The van der Waals surface area contributed by atoms with Crippen molar-refractivity contribution in [1.82, 2.24) is 4.98 Å². The number of para-hydroxylation sites is 1. The Morgan fingerprint density at radius 2 is 1.80 bits per heavy atom. The van der Waals surface area contributed by atoms with Crippen molar-refractivity contribution in [3.05, 3.63) is 65.7 Å². The number of hydrogen-bond donors (Lipinski definition) is 1. The van der Waals surface area contributed by atoms with E-state index in [0.29, 0.717) is 0 Å². The number of rotatable bonds is 0. The van der Waals surface area contributed by atoms with Gasteiger partial charge in [-0.1, -0.05) is 48.6 Å². The van der Waals surface area contributed by atoms with Crippen LogP contribution in [0.5, 0.6) is 0 Å². The number of benzene rings is 3. The smallest absolute Gasteiger partial charge is 0.0474 e. The molecule has 0 fully saturated rings. The zero-order chi connectivity index (χ0) is 13.1. The lowest BCUT2D eigenvalue weighted by atomic mass is 9.90. The van der Waals surface area contributed by atoms with Crippen LogP contribution in [0.15, 0.2) is 54.6 Å². The van der Waals surface area contributed by atoms with Gasteiger partial charge < -0.3 is 4.98 Å². The van der Waals surface area contributed by atoms with Crippen molar-refractivity contribution in [2.45, 2.75) is 6.42 Å². The second kappa shape index (κ2) is 3.51. The van der Waals surface area contributed by atoms with E-state index in [1.165, 1.54) is 43.7 Å². The van der Waals surface area contributed by atoms with Gasteiger partial charge in [0.2, 0.25) is 0 Å². The van der Waals surface area contributed by atoms with Gasteiger partial charge in [0.25, 0.3) is 0 Å². The van der Waals surface area contributed by atoms with Crippen molar-refractivity contribution in [1.29, 1.82) is 0 Å². The molecular weight excluding hydrogens is 242 g/mol. The molecule has 1 heterocycles. The molecule has 0 radical (unpaired) electrons. The van der Waals surface area contributed by atoms with Crippen molar-refractivity contribution >= 4 is 38.7 Å². The van der Waals surface area contributed by atoms with Crippen LogP contribution >= 0.6 is 0 Å². The molecule has 1 aliphatic rings. The molecule has 1 N–H and O–H groups in total. The van der Waals surface area contributed by atoms with Crippen LogP contribution in [0.4, 0.5) is 0 Å². The Kier molecular flexibility index (Phi) is 1.80. The summed E-state index contributed by atoms with van der Waals surface area (Å²) in [5.74, 6) is 0. The monoisotopic (exact) mass is 255 g/mol. The minimum atomic E-state index is 1.02. The van der Waals surface area contributed by atoms with Crippen LogP contribution in [0.1, 0.15) is 11.1 Å². The maximum Gasteiger partial charge on any atom is 0.0474 e. The first-order valence-electron chi connectivity index (χ1n) is 7.03. The first kappa shape index (κ1) is 10.3. The van der Waals surface area contributed by atoms with Crippen LogP contribution in [0.3, 0.4) is 0 Å². The predicted octanol–water partition coefficient (Wildman–Crippen LogP) is 5.04. The van der Waals surface area contributed by atoms with E-state index in [2.05, 4.69) is 65.7 Å². The number of hydrogen-bond acceptors (Lipinski definition) is 0. The second-order valence-corrected chi connectivity index (χ2v) is 5.50. The minimum absolute atomic E-state index is 1.02. The third-order valence-electron chi connectivity index (χ3n) is 4.39. The highest BCUT2D eigenvalue weighted by Gasteiger charge is 2.15. The maximum atomic E-state index is 3.56. The summed E-state index contributed by atoms with van der Waals surface area (Å²) in [5.41, 5.74) is 5.29. The molecule has 20 heavy (non-hydrogen) atoms. The highest BCUT2D eigenvalue weighted by Crippen LogP contribution is 2.37. The lowest BCUT2D eigenvalue weighted by Crippen LogP contribution is -1.93. The molecule has 3 aromatic carbocycles. The largest absolute Gasteiger partial charge is 0.354 e. The van der Waals surface area contributed by atoms with Crippen LogP contribution < -0.4 is 0 Å². The highest BCUT2D eigenvalue weighted by molar-refractivity contribution is 6.16. The molecule has 0 saturated carbocycles.